The Bertz CT molecular complexity index is 396. The maximum absolute atomic E-state index is 10.9. The maximum atomic E-state index is 10.9. The van der Waals surface area contributed by atoms with Gasteiger partial charge in [-0.05, 0) is 24.6 Å². The van der Waals surface area contributed by atoms with Crippen LogP contribution in [0.25, 0.3) is 0 Å². The molecule has 1 aromatic rings. The van der Waals surface area contributed by atoms with Gasteiger partial charge in [0, 0.05) is 44.1 Å². The topological polar surface area (TPSA) is 65.5 Å². The number of piperazine rings is 1. The molecule has 18 heavy (non-hydrogen) atoms. The summed E-state index contributed by atoms with van der Waals surface area (Å²) in [7, 11) is 0. The summed E-state index contributed by atoms with van der Waals surface area (Å²) in [6.07, 6.45) is 3.73. The van der Waals surface area contributed by atoms with Crippen LogP contribution >= 0.6 is 0 Å². The molecular weight excluding hydrogens is 230 g/mol. The van der Waals surface area contributed by atoms with Gasteiger partial charge in [0.2, 0.25) is 0 Å². The first-order valence-corrected chi connectivity index (χ1v) is 6.23. The fourth-order valence-electron chi connectivity index (χ4n) is 2.35. The van der Waals surface area contributed by atoms with Crippen LogP contribution in [-0.4, -0.2) is 46.1 Å². The third kappa shape index (κ3) is 3.51. The number of nitrogens with one attached hydrogen (secondary N) is 1. The van der Waals surface area contributed by atoms with Crippen LogP contribution < -0.4 is 5.32 Å². The molecular formula is C13H19N3O2. The fourth-order valence-corrected chi connectivity index (χ4v) is 2.35. The summed E-state index contributed by atoms with van der Waals surface area (Å²) in [5.74, 6) is -0.740. The molecule has 2 heterocycles. The molecule has 2 unspecified atom stereocenters. The molecule has 5 heteroatoms. The molecule has 1 aliphatic heterocycles. The normalized spacial score (nSPS) is 24.9. The molecule has 0 aliphatic carbocycles. The molecule has 0 bridgehead atoms. The average Bonchev–Trinajstić information content (AvgIpc) is 2.33. The van der Waals surface area contributed by atoms with E-state index in [4.69, 9.17) is 5.11 Å². The number of aromatic nitrogens is 1. The van der Waals surface area contributed by atoms with Crippen molar-refractivity contribution in [3.8, 4) is 0 Å². The van der Waals surface area contributed by atoms with Crippen molar-refractivity contribution in [1.82, 2.24) is 15.2 Å². The van der Waals surface area contributed by atoms with Gasteiger partial charge in [0.1, 0.15) is 0 Å². The Labute approximate surface area is 107 Å². The van der Waals surface area contributed by atoms with Crippen molar-refractivity contribution in [1.29, 1.82) is 0 Å². The van der Waals surface area contributed by atoms with Crippen LogP contribution in [0.5, 0.6) is 0 Å². The van der Waals surface area contributed by atoms with E-state index in [9.17, 15) is 4.79 Å². The zero-order valence-corrected chi connectivity index (χ0v) is 10.5. The van der Waals surface area contributed by atoms with E-state index in [0.29, 0.717) is 6.04 Å². The second kappa shape index (κ2) is 5.93. The van der Waals surface area contributed by atoms with Gasteiger partial charge in [0.05, 0.1) is 6.42 Å². The van der Waals surface area contributed by atoms with Crippen LogP contribution in [0.1, 0.15) is 18.9 Å². The molecule has 1 saturated heterocycles. The zero-order chi connectivity index (χ0) is 13.0. The number of rotatable bonds is 4. The van der Waals surface area contributed by atoms with Gasteiger partial charge in [-0.25, -0.2) is 0 Å². The monoisotopic (exact) mass is 249 g/mol. The number of carboxylic acid groups (broad SMARTS) is 1. The predicted octanol–water partition coefficient (Wildman–Crippen LogP) is 0.719. The van der Waals surface area contributed by atoms with Crippen LogP contribution in [0.2, 0.25) is 0 Å². The van der Waals surface area contributed by atoms with Gasteiger partial charge in [-0.15, -0.1) is 0 Å². The Hall–Kier alpha value is -1.46. The molecule has 2 rings (SSSR count). The van der Waals surface area contributed by atoms with Crippen molar-refractivity contribution >= 4 is 5.97 Å². The number of hydrogen-bond acceptors (Lipinski definition) is 4. The van der Waals surface area contributed by atoms with Gasteiger partial charge in [-0.2, -0.15) is 0 Å². The lowest BCUT2D eigenvalue weighted by atomic mass is 10.1. The molecule has 2 atom stereocenters. The van der Waals surface area contributed by atoms with Crippen LogP contribution in [0.3, 0.4) is 0 Å². The highest BCUT2D eigenvalue weighted by atomic mass is 16.4. The molecule has 0 amide bonds. The largest absolute Gasteiger partial charge is 0.481 e. The quantitative estimate of drug-likeness (QED) is 0.823. The van der Waals surface area contributed by atoms with Gasteiger partial charge in [-0.3, -0.25) is 14.7 Å². The van der Waals surface area contributed by atoms with Crippen molar-refractivity contribution in [3.05, 3.63) is 30.1 Å². The van der Waals surface area contributed by atoms with Gasteiger partial charge in [0.25, 0.3) is 0 Å². The molecule has 0 saturated carbocycles. The average molecular weight is 249 g/mol. The number of aliphatic carboxylic acids is 1. The van der Waals surface area contributed by atoms with Gasteiger partial charge in [0.15, 0.2) is 0 Å². The third-order valence-corrected chi connectivity index (χ3v) is 3.27. The molecule has 0 aromatic carbocycles. The molecule has 1 fully saturated rings. The van der Waals surface area contributed by atoms with Crippen LogP contribution in [0.4, 0.5) is 0 Å². The van der Waals surface area contributed by atoms with Crippen LogP contribution in [0.15, 0.2) is 24.5 Å². The lowest BCUT2D eigenvalue weighted by molar-refractivity contribution is -0.138. The van der Waals surface area contributed by atoms with E-state index < -0.39 is 5.97 Å². The summed E-state index contributed by atoms with van der Waals surface area (Å²) in [5.41, 5.74) is 1.18. The highest BCUT2D eigenvalue weighted by Gasteiger charge is 2.27. The number of hydrogen-bond donors (Lipinski definition) is 2. The molecule has 1 aliphatic rings. The Balaban J connectivity index is 2.03. The Morgan fingerprint density at radius 1 is 1.56 bits per heavy atom. The highest BCUT2D eigenvalue weighted by molar-refractivity contribution is 5.67. The first kappa shape index (κ1) is 13.0. The summed E-state index contributed by atoms with van der Waals surface area (Å²) < 4.78 is 0. The third-order valence-electron chi connectivity index (χ3n) is 3.27. The van der Waals surface area contributed by atoms with E-state index in [2.05, 4.69) is 22.1 Å². The molecule has 5 nitrogen and oxygen atoms in total. The smallest absolute Gasteiger partial charge is 0.304 e. The summed E-state index contributed by atoms with van der Waals surface area (Å²) in [4.78, 5) is 17.1. The van der Waals surface area contributed by atoms with Gasteiger partial charge >= 0.3 is 5.97 Å². The molecule has 98 valence electrons. The van der Waals surface area contributed by atoms with Crippen LogP contribution in [-0.2, 0) is 11.3 Å². The van der Waals surface area contributed by atoms with E-state index in [1.165, 1.54) is 5.56 Å². The summed E-state index contributed by atoms with van der Waals surface area (Å²) in [6.45, 7) is 4.52. The van der Waals surface area contributed by atoms with Crippen molar-refractivity contribution in [3.63, 3.8) is 0 Å². The number of carboxylic acids is 1. The fraction of sp³-hybridized carbons (Fsp3) is 0.538. The lowest BCUT2D eigenvalue weighted by Crippen LogP contribution is -2.55. The minimum absolute atomic E-state index is 0.0619. The summed E-state index contributed by atoms with van der Waals surface area (Å²) in [5, 5.41) is 12.3. The van der Waals surface area contributed by atoms with Crippen molar-refractivity contribution in [2.24, 2.45) is 0 Å². The minimum Gasteiger partial charge on any atom is -0.481 e. The lowest BCUT2D eigenvalue weighted by Gasteiger charge is -2.38. The number of pyridine rings is 1. The molecule has 0 radical (unpaired) electrons. The van der Waals surface area contributed by atoms with Crippen LogP contribution in [0, 0.1) is 0 Å². The predicted molar refractivity (Wildman–Crippen MR) is 68.2 cm³/mol. The Kier molecular flexibility index (Phi) is 4.28. The maximum Gasteiger partial charge on any atom is 0.304 e. The summed E-state index contributed by atoms with van der Waals surface area (Å²) >= 11 is 0. The molecule has 1 aromatic heterocycles. The van der Waals surface area contributed by atoms with Gasteiger partial charge < -0.3 is 10.4 Å². The molecule has 0 spiro atoms. The van der Waals surface area contributed by atoms with Gasteiger partial charge in [-0.1, -0.05) is 0 Å². The second-order valence-corrected chi connectivity index (χ2v) is 4.85. The molecule has 2 N–H and O–H groups in total. The van der Waals surface area contributed by atoms with E-state index in [-0.39, 0.29) is 12.5 Å². The van der Waals surface area contributed by atoms with Crippen molar-refractivity contribution in [2.75, 3.05) is 13.1 Å². The van der Waals surface area contributed by atoms with Crippen molar-refractivity contribution in [2.45, 2.75) is 32.0 Å². The summed E-state index contributed by atoms with van der Waals surface area (Å²) in [6, 6.07) is 4.42. The minimum atomic E-state index is -0.740. The highest BCUT2D eigenvalue weighted by Crippen LogP contribution is 2.14. The first-order chi connectivity index (χ1) is 8.65. The first-order valence-electron chi connectivity index (χ1n) is 6.23. The Morgan fingerprint density at radius 3 is 2.94 bits per heavy atom. The van der Waals surface area contributed by atoms with E-state index >= 15 is 0 Å². The number of carbonyl (C=O) groups is 1. The zero-order valence-electron chi connectivity index (χ0n) is 10.5. The SMILES string of the molecule is CC1CN(Cc2ccncc2)C(CC(=O)O)CN1. The standard InChI is InChI=1S/C13H19N3O2/c1-10-8-16(9-11-2-4-14-5-3-11)12(7-15-10)6-13(17)18/h2-5,10,12,15H,6-9H2,1H3,(H,17,18). The second-order valence-electron chi connectivity index (χ2n) is 4.85. The van der Waals surface area contributed by atoms with E-state index in [1.807, 2.05) is 12.1 Å². The van der Waals surface area contributed by atoms with E-state index in [0.717, 1.165) is 19.6 Å². The Morgan fingerprint density at radius 2 is 2.28 bits per heavy atom. The van der Waals surface area contributed by atoms with E-state index in [1.54, 1.807) is 12.4 Å². The van der Waals surface area contributed by atoms with Crippen molar-refractivity contribution < 1.29 is 9.90 Å². The number of nitrogens with zero attached hydrogens (tertiary/aromatic N) is 2.